The van der Waals surface area contributed by atoms with E-state index in [1.807, 2.05) is 23.1 Å². The zero-order valence-electron chi connectivity index (χ0n) is 22.2. The van der Waals surface area contributed by atoms with Gasteiger partial charge in [0.15, 0.2) is 5.11 Å². The summed E-state index contributed by atoms with van der Waals surface area (Å²) in [7, 11) is 0. The second kappa shape index (κ2) is 11.3. The van der Waals surface area contributed by atoms with Gasteiger partial charge in [-0.3, -0.25) is 9.78 Å². The lowest BCUT2D eigenvalue weighted by Crippen LogP contribution is -2.32. The number of benzene rings is 2. The van der Waals surface area contributed by atoms with Gasteiger partial charge in [-0.05, 0) is 86.2 Å². The number of alkyl halides is 3. The highest BCUT2D eigenvalue weighted by atomic mass is 32.1. The number of nitrogens with zero attached hydrogens (tertiary/aromatic N) is 3. The molecule has 2 aromatic heterocycles. The molecule has 0 saturated carbocycles. The number of hydrogen-bond acceptors (Lipinski definition) is 3. The van der Waals surface area contributed by atoms with Crippen LogP contribution in [0, 0.1) is 19.7 Å². The molecule has 1 amide bonds. The van der Waals surface area contributed by atoms with Crippen molar-refractivity contribution >= 4 is 28.9 Å². The molecule has 2 atom stereocenters. The molecule has 6 nitrogen and oxygen atoms in total. The number of nitrogens with one attached hydrogen (secondary N) is 2. The third kappa shape index (κ3) is 5.81. The average molecular weight is 582 g/mol. The molecule has 41 heavy (non-hydrogen) atoms. The van der Waals surface area contributed by atoms with E-state index >= 15 is 0 Å². The van der Waals surface area contributed by atoms with Gasteiger partial charge < -0.3 is 20.1 Å². The summed E-state index contributed by atoms with van der Waals surface area (Å²) in [6.45, 7) is 3.78. The van der Waals surface area contributed by atoms with E-state index in [1.165, 1.54) is 36.4 Å². The van der Waals surface area contributed by atoms with Crippen LogP contribution in [-0.4, -0.2) is 32.0 Å². The monoisotopic (exact) mass is 581 g/mol. The third-order valence-corrected chi connectivity index (χ3v) is 7.50. The Morgan fingerprint density at radius 1 is 1.05 bits per heavy atom. The van der Waals surface area contributed by atoms with E-state index in [2.05, 4.69) is 15.6 Å². The van der Waals surface area contributed by atoms with Crippen LogP contribution in [0.2, 0.25) is 0 Å². The van der Waals surface area contributed by atoms with Crippen LogP contribution in [0.15, 0.2) is 79.0 Å². The van der Waals surface area contributed by atoms with Crippen LogP contribution in [0.3, 0.4) is 0 Å². The molecule has 1 saturated heterocycles. The van der Waals surface area contributed by atoms with Crippen LogP contribution in [0.25, 0.3) is 5.69 Å². The summed E-state index contributed by atoms with van der Waals surface area (Å²) in [6, 6.07) is 17.5. The summed E-state index contributed by atoms with van der Waals surface area (Å²) in [5, 5.41) is 6.47. The number of para-hydroxylation sites is 1. The van der Waals surface area contributed by atoms with Crippen molar-refractivity contribution in [2.45, 2.75) is 38.5 Å². The number of amides is 1. The maximum Gasteiger partial charge on any atom is 0.418 e. The molecular weight excluding hydrogens is 554 g/mol. The van der Waals surface area contributed by atoms with Gasteiger partial charge in [0.05, 0.1) is 29.0 Å². The van der Waals surface area contributed by atoms with Gasteiger partial charge in [-0.2, -0.15) is 13.2 Å². The first-order chi connectivity index (χ1) is 19.5. The first kappa shape index (κ1) is 28.3. The van der Waals surface area contributed by atoms with Crippen LogP contribution in [0.1, 0.15) is 46.7 Å². The lowest BCUT2D eigenvalue weighted by Gasteiger charge is -2.28. The Kier molecular flexibility index (Phi) is 7.81. The number of thiocarbonyl (C=S) groups is 1. The number of aromatic nitrogens is 2. The number of pyridine rings is 1. The van der Waals surface area contributed by atoms with Crippen molar-refractivity contribution in [2.24, 2.45) is 0 Å². The lowest BCUT2D eigenvalue weighted by molar-refractivity contribution is -0.137. The average Bonchev–Trinajstić information content (AvgIpc) is 3.42. The molecule has 3 heterocycles. The van der Waals surface area contributed by atoms with Crippen molar-refractivity contribution in [1.29, 1.82) is 0 Å². The fourth-order valence-corrected chi connectivity index (χ4v) is 5.66. The Morgan fingerprint density at radius 3 is 2.44 bits per heavy atom. The number of anilines is 1. The van der Waals surface area contributed by atoms with E-state index in [1.54, 1.807) is 36.7 Å². The van der Waals surface area contributed by atoms with E-state index in [0.717, 1.165) is 11.6 Å². The van der Waals surface area contributed by atoms with Crippen molar-refractivity contribution < 1.29 is 22.4 Å². The first-order valence-corrected chi connectivity index (χ1v) is 13.3. The van der Waals surface area contributed by atoms with Gasteiger partial charge in [0.2, 0.25) is 5.91 Å². The van der Waals surface area contributed by atoms with Crippen molar-refractivity contribution in [3.8, 4) is 5.69 Å². The van der Waals surface area contributed by atoms with Crippen LogP contribution < -0.4 is 10.6 Å². The predicted molar refractivity (Wildman–Crippen MR) is 152 cm³/mol. The minimum absolute atomic E-state index is 0.0365. The van der Waals surface area contributed by atoms with Crippen molar-refractivity contribution in [3.63, 3.8) is 0 Å². The summed E-state index contributed by atoms with van der Waals surface area (Å²) in [5.41, 5.74) is 2.49. The molecule has 0 radical (unpaired) electrons. The zero-order valence-corrected chi connectivity index (χ0v) is 23.1. The summed E-state index contributed by atoms with van der Waals surface area (Å²) in [6.07, 6.45) is -2.80. The largest absolute Gasteiger partial charge is 0.418 e. The molecule has 1 fully saturated rings. The van der Waals surface area contributed by atoms with Crippen LogP contribution in [-0.2, 0) is 11.0 Å². The molecule has 0 bridgehead atoms. The predicted octanol–water partition coefficient (Wildman–Crippen LogP) is 6.65. The molecular formula is C30H27F4N5OS. The van der Waals surface area contributed by atoms with Crippen LogP contribution in [0.4, 0.5) is 23.2 Å². The van der Waals surface area contributed by atoms with Gasteiger partial charge in [-0.25, -0.2) is 4.39 Å². The molecule has 2 aromatic carbocycles. The molecule has 0 spiro atoms. The summed E-state index contributed by atoms with van der Waals surface area (Å²) in [5.74, 6) is -0.695. The summed E-state index contributed by atoms with van der Waals surface area (Å²) < 4.78 is 56.7. The van der Waals surface area contributed by atoms with Crippen molar-refractivity contribution in [1.82, 2.24) is 19.8 Å². The number of rotatable bonds is 7. The van der Waals surface area contributed by atoms with Gasteiger partial charge in [0.1, 0.15) is 5.82 Å². The van der Waals surface area contributed by atoms with E-state index < -0.39 is 29.6 Å². The Balaban J connectivity index is 1.51. The molecule has 5 rings (SSSR count). The highest BCUT2D eigenvalue weighted by molar-refractivity contribution is 7.80. The minimum atomic E-state index is -4.53. The van der Waals surface area contributed by atoms with E-state index in [-0.39, 0.29) is 24.6 Å². The van der Waals surface area contributed by atoms with Crippen LogP contribution >= 0.6 is 12.2 Å². The number of aryl methyl sites for hydroxylation is 1. The molecule has 212 valence electrons. The van der Waals surface area contributed by atoms with Gasteiger partial charge in [0, 0.05) is 36.2 Å². The molecule has 11 heteroatoms. The fraction of sp³-hybridized carbons (Fsp3) is 0.233. The Bertz CT molecular complexity index is 1570. The van der Waals surface area contributed by atoms with Crippen molar-refractivity contribution in [3.05, 3.63) is 113 Å². The van der Waals surface area contributed by atoms with E-state index in [0.29, 0.717) is 27.9 Å². The number of carbonyl (C=O) groups excluding carboxylic acids is 1. The Labute approximate surface area is 240 Å². The highest BCUT2D eigenvalue weighted by Crippen LogP contribution is 2.42. The maximum atomic E-state index is 13.9. The minimum Gasteiger partial charge on any atom is -0.352 e. The standard InChI is InChI=1S/C30H27F4N5OS/c1-18-17-22(19(2)39(18)25-9-4-3-7-23(25)30(32,33)34)28-27(24-8-5-6-15-35-24)37-29(41)38(28)16-14-26(40)36-21-12-10-20(31)11-13-21/h3-13,15,17,27-28H,14,16H2,1-2H3,(H,36,40)(H,37,41)/t27-,28+/m0/s1. The molecule has 2 N–H and O–H groups in total. The topological polar surface area (TPSA) is 62.2 Å². The smallest absolute Gasteiger partial charge is 0.352 e. The third-order valence-electron chi connectivity index (χ3n) is 7.14. The molecule has 1 aliphatic rings. The number of carbonyl (C=O) groups is 1. The highest BCUT2D eigenvalue weighted by Gasteiger charge is 2.42. The van der Waals surface area contributed by atoms with Gasteiger partial charge in [0.25, 0.3) is 0 Å². The molecule has 1 aliphatic heterocycles. The Morgan fingerprint density at radius 2 is 1.76 bits per heavy atom. The first-order valence-electron chi connectivity index (χ1n) is 12.9. The van der Waals surface area contributed by atoms with Gasteiger partial charge >= 0.3 is 6.18 Å². The zero-order chi connectivity index (χ0) is 29.3. The summed E-state index contributed by atoms with van der Waals surface area (Å²) >= 11 is 5.69. The second-order valence-electron chi connectivity index (χ2n) is 9.80. The van der Waals surface area contributed by atoms with E-state index in [9.17, 15) is 22.4 Å². The quantitative estimate of drug-likeness (QED) is 0.189. The summed E-state index contributed by atoms with van der Waals surface area (Å²) in [4.78, 5) is 19.2. The fourth-order valence-electron chi connectivity index (χ4n) is 5.33. The molecule has 0 aliphatic carbocycles. The lowest BCUT2D eigenvalue weighted by atomic mass is 9.96. The molecule has 4 aromatic rings. The van der Waals surface area contributed by atoms with E-state index in [4.69, 9.17) is 12.2 Å². The maximum absolute atomic E-state index is 13.9. The van der Waals surface area contributed by atoms with Crippen molar-refractivity contribution in [2.75, 3.05) is 11.9 Å². The Hall–Kier alpha value is -4.25. The van der Waals surface area contributed by atoms with Gasteiger partial charge in [-0.1, -0.05) is 18.2 Å². The SMILES string of the molecule is Cc1cc([C@@H]2[C@H](c3ccccn3)NC(=S)N2CCC(=O)Nc2ccc(F)cc2)c(C)n1-c1ccccc1C(F)(F)F. The molecule has 0 unspecified atom stereocenters. The van der Waals surface area contributed by atoms with Crippen LogP contribution in [0.5, 0.6) is 0 Å². The van der Waals surface area contributed by atoms with Gasteiger partial charge in [-0.15, -0.1) is 0 Å². The normalized spacial score (nSPS) is 17.0. The second-order valence-corrected chi connectivity index (χ2v) is 10.2. The number of halogens is 4. The number of hydrogen-bond donors (Lipinski definition) is 2.